The number of nitrogens with zero attached hydrogens (tertiary/aromatic N) is 1. The quantitative estimate of drug-likeness (QED) is 0.707. The summed E-state index contributed by atoms with van der Waals surface area (Å²) < 4.78 is 0. The molecular formula is C13H13NO2. The van der Waals surface area contributed by atoms with Crippen LogP contribution in [-0.4, -0.2) is 23.6 Å². The first-order valence-corrected chi connectivity index (χ1v) is 5.55. The van der Waals surface area contributed by atoms with Crippen molar-refractivity contribution in [1.29, 1.82) is 0 Å². The fraction of sp³-hybridized carbons (Fsp3) is 0.308. The van der Waals surface area contributed by atoms with Gasteiger partial charge in [0.1, 0.15) is 0 Å². The molecule has 0 radical (unpaired) electrons. The monoisotopic (exact) mass is 215 g/mol. The summed E-state index contributed by atoms with van der Waals surface area (Å²) in [7, 11) is 0. The number of fused-ring (bicyclic) bond motifs is 1. The third-order valence-corrected chi connectivity index (χ3v) is 3.21. The molecule has 1 saturated heterocycles. The summed E-state index contributed by atoms with van der Waals surface area (Å²) in [5.41, 5.74) is 0.605. The maximum absolute atomic E-state index is 11.7. The van der Waals surface area contributed by atoms with E-state index in [1.165, 1.54) is 0 Å². The second-order valence-electron chi connectivity index (χ2n) is 4.26. The number of hydroxylamine groups is 2. The van der Waals surface area contributed by atoms with Gasteiger partial charge in [-0.3, -0.25) is 0 Å². The van der Waals surface area contributed by atoms with Crippen molar-refractivity contribution in [1.82, 2.24) is 5.06 Å². The van der Waals surface area contributed by atoms with Gasteiger partial charge in [-0.15, -0.1) is 5.06 Å². The highest BCUT2D eigenvalue weighted by molar-refractivity contribution is 5.89. The number of benzene rings is 1. The Labute approximate surface area is 94.3 Å². The molecule has 1 heterocycles. The minimum absolute atomic E-state index is 0.264. The first kappa shape index (κ1) is 9.60. The van der Waals surface area contributed by atoms with Gasteiger partial charge >= 0.3 is 5.97 Å². The molecule has 16 heavy (non-hydrogen) atoms. The summed E-state index contributed by atoms with van der Waals surface area (Å²) in [6, 6.07) is 9.41. The molecule has 0 saturated carbocycles. The summed E-state index contributed by atoms with van der Waals surface area (Å²) in [6.45, 7) is 0.857. The van der Waals surface area contributed by atoms with E-state index in [-0.39, 0.29) is 5.97 Å². The summed E-state index contributed by atoms with van der Waals surface area (Å²) in [5.74, 6) is 0.392. The summed E-state index contributed by atoms with van der Waals surface area (Å²) in [6.07, 6.45) is 5.39. The van der Waals surface area contributed by atoms with E-state index in [0.29, 0.717) is 17.5 Å². The van der Waals surface area contributed by atoms with E-state index >= 15 is 0 Å². The Morgan fingerprint density at radius 2 is 2.12 bits per heavy atom. The zero-order chi connectivity index (χ0) is 11.0. The molecule has 3 rings (SSSR count). The Bertz CT molecular complexity index is 427. The van der Waals surface area contributed by atoms with Crippen molar-refractivity contribution in [2.45, 2.75) is 12.5 Å². The van der Waals surface area contributed by atoms with Crippen molar-refractivity contribution in [3.63, 3.8) is 0 Å². The number of hydrogen-bond donors (Lipinski definition) is 0. The Morgan fingerprint density at radius 3 is 2.88 bits per heavy atom. The number of carbonyl (C=O) groups excluding carboxylic acids is 1. The maximum Gasteiger partial charge on any atom is 0.357 e. The average Bonchev–Trinajstić information content (AvgIpc) is 2.68. The van der Waals surface area contributed by atoms with Gasteiger partial charge in [-0.25, -0.2) is 4.79 Å². The molecule has 2 aliphatic rings. The van der Waals surface area contributed by atoms with Crippen molar-refractivity contribution in [3.8, 4) is 0 Å². The van der Waals surface area contributed by atoms with Crippen LogP contribution in [0, 0.1) is 5.92 Å². The molecule has 0 amide bonds. The molecule has 3 heteroatoms. The minimum Gasteiger partial charge on any atom is -0.363 e. The van der Waals surface area contributed by atoms with Crippen LogP contribution in [0.25, 0.3) is 0 Å². The van der Waals surface area contributed by atoms with Gasteiger partial charge in [0.15, 0.2) is 0 Å². The van der Waals surface area contributed by atoms with Crippen molar-refractivity contribution < 1.29 is 9.63 Å². The number of carbonyl (C=O) groups is 1. The van der Waals surface area contributed by atoms with E-state index < -0.39 is 0 Å². The Kier molecular flexibility index (Phi) is 2.26. The van der Waals surface area contributed by atoms with Gasteiger partial charge in [-0.2, -0.15) is 0 Å². The van der Waals surface area contributed by atoms with Crippen LogP contribution in [0.4, 0.5) is 0 Å². The van der Waals surface area contributed by atoms with Gasteiger partial charge in [-0.1, -0.05) is 30.4 Å². The van der Waals surface area contributed by atoms with Crippen LogP contribution in [0.1, 0.15) is 16.8 Å². The molecule has 1 aromatic rings. The molecule has 3 nitrogen and oxygen atoms in total. The lowest BCUT2D eigenvalue weighted by atomic mass is 9.94. The van der Waals surface area contributed by atoms with E-state index in [4.69, 9.17) is 4.84 Å². The van der Waals surface area contributed by atoms with Gasteiger partial charge in [0, 0.05) is 12.5 Å². The van der Waals surface area contributed by atoms with Gasteiger partial charge in [-0.05, 0) is 18.6 Å². The SMILES string of the molecule is O=C(ON1CC2CC=CC21)c1ccccc1. The normalized spacial score (nSPS) is 27.2. The van der Waals surface area contributed by atoms with Crippen LogP contribution in [0.5, 0.6) is 0 Å². The first-order valence-electron chi connectivity index (χ1n) is 5.55. The largest absolute Gasteiger partial charge is 0.363 e. The molecule has 0 aromatic heterocycles. The Balaban J connectivity index is 1.64. The molecule has 2 atom stereocenters. The van der Waals surface area contributed by atoms with Crippen LogP contribution in [-0.2, 0) is 4.84 Å². The van der Waals surface area contributed by atoms with Crippen LogP contribution < -0.4 is 0 Å². The van der Waals surface area contributed by atoms with Crippen LogP contribution in [0.15, 0.2) is 42.5 Å². The van der Waals surface area contributed by atoms with E-state index in [9.17, 15) is 4.79 Å². The highest BCUT2D eigenvalue weighted by Crippen LogP contribution is 2.34. The molecule has 0 spiro atoms. The predicted octanol–water partition coefficient (Wildman–Crippen LogP) is 2.02. The standard InChI is InChI=1S/C13H13NO2/c15-13(10-5-2-1-3-6-10)16-14-9-11-7-4-8-12(11)14/h1-6,8,11-12H,7,9H2. The van der Waals surface area contributed by atoms with E-state index in [1.807, 2.05) is 18.2 Å². The maximum atomic E-state index is 11.7. The molecule has 82 valence electrons. The van der Waals surface area contributed by atoms with Crippen molar-refractivity contribution in [2.75, 3.05) is 6.54 Å². The van der Waals surface area contributed by atoms with Crippen molar-refractivity contribution in [3.05, 3.63) is 48.0 Å². The third kappa shape index (κ3) is 1.53. The zero-order valence-electron chi connectivity index (χ0n) is 8.87. The number of allylic oxidation sites excluding steroid dienone is 1. The minimum atomic E-state index is -0.264. The summed E-state index contributed by atoms with van der Waals surface area (Å²) >= 11 is 0. The van der Waals surface area contributed by atoms with Gasteiger partial charge in [0.25, 0.3) is 0 Å². The lowest BCUT2D eigenvalue weighted by molar-refractivity contribution is -0.196. The van der Waals surface area contributed by atoms with E-state index in [0.717, 1.165) is 13.0 Å². The predicted molar refractivity (Wildman–Crippen MR) is 59.6 cm³/mol. The summed E-state index contributed by atoms with van der Waals surface area (Å²) in [5, 5.41) is 1.77. The molecule has 1 aromatic carbocycles. The molecule has 0 bridgehead atoms. The second kappa shape index (κ2) is 3.76. The van der Waals surface area contributed by atoms with Crippen LogP contribution >= 0.6 is 0 Å². The molecule has 1 fully saturated rings. The lowest BCUT2D eigenvalue weighted by Gasteiger charge is -2.41. The molecule has 1 aliphatic heterocycles. The van der Waals surface area contributed by atoms with E-state index in [2.05, 4.69) is 12.2 Å². The van der Waals surface area contributed by atoms with Gasteiger partial charge < -0.3 is 4.84 Å². The fourth-order valence-electron chi connectivity index (χ4n) is 2.25. The molecule has 1 aliphatic carbocycles. The highest BCUT2D eigenvalue weighted by atomic mass is 16.7. The smallest absolute Gasteiger partial charge is 0.357 e. The van der Waals surface area contributed by atoms with Crippen molar-refractivity contribution >= 4 is 5.97 Å². The highest BCUT2D eigenvalue weighted by Gasteiger charge is 2.41. The van der Waals surface area contributed by atoms with E-state index in [1.54, 1.807) is 17.2 Å². The first-order chi connectivity index (χ1) is 7.84. The molecule has 2 unspecified atom stereocenters. The Morgan fingerprint density at radius 1 is 1.31 bits per heavy atom. The van der Waals surface area contributed by atoms with Crippen molar-refractivity contribution in [2.24, 2.45) is 5.92 Å². The second-order valence-corrected chi connectivity index (χ2v) is 4.26. The summed E-state index contributed by atoms with van der Waals surface area (Å²) in [4.78, 5) is 17.1. The number of hydrogen-bond acceptors (Lipinski definition) is 3. The third-order valence-electron chi connectivity index (χ3n) is 3.21. The fourth-order valence-corrected chi connectivity index (χ4v) is 2.25. The van der Waals surface area contributed by atoms with Gasteiger partial charge in [0.05, 0.1) is 11.6 Å². The lowest BCUT2D eigenvalue weighted by Crippen LogP contribution is -2.53. The number of rotatable bonds is 2. The Hall–Kier alpha value is -1.61. The average molecular weight is 215 g/mol. The van der Waals surface area contributed by atoms with Crippen LogP contribution in [0.3, 0.4) is 0 Å². The molecule has 0 N–H and O–H groups in total. The zero-order valence-corrected chi connectivity index (χ0v) is 8.87. The van der Waals surface area contributed by atoms with Gasteiger partial charge in [0.2, 0.25) is 0 Å². The topological polar surface area (TPSA) is 29.5 Å². The molecular weight excluding hydrogens is 202 g/mol. The van der Waals surface area contributed by atoms with Crippen LogP contribution in [0.2, 0.25) is 0 Å².